The number of aliphatic carboxylic acids is 2. The third-order valence-corrected chi connectivity index (χ3v) is 1.54. The van der Waals surface area contributed by atoms with Gasteiger partial charge in [0.2, 0.25) is 0 Å². The first-order valence-electron chi connectivity index (χ1n) is 3.97. The van der Waals surface area contributed by atoms with E-state index in [9.17, 15) is 9.59 Å². The van der Waals surface area contributed by atoms with E-state index in [1.807, 2.05) is 0 Å². The van der Waals surface area contributed by atoms with Crippen molar-refractivity contribution < 1.29 is 25.5 Å². The van der Waals surface area contributed by atoms with E-state index in [1.165, 1.54) is 6.08 Å². The second-order valence-corrected chi connectivity index (χ2v) is 2.68. The zero-order valence-electron chi connectivity index (χ0n) is 7.49. The Morgan fingerprint density at radius 1 is 1.46 bits per heavy atom. The van der Waals surface area contributed by atoms with Gasteiger partial charge < -0.3 is 15.9 Å². The molecule has 0 bridgehead atoms. The number of carbonyl (C=O) groups is 2. The van der Waals surface area contributed by atoms with Gasteiger partial charge in [0.05, 0.1) is 0 Å². The molecule has 13 heavy (non-hydrogen) atoms. The molecule has 0 aromatic heterocycles. The average Bonchev–Trinajstić information content (AvgIpc) is 2.03. The van der Waals surface area contributed by atoms with Crippen molar-refractivity contribution in [2.24, 2.45) is 0 Å². The van der Waals surface area contributed by atoms with Gasteiger partial charge in [0.1, 0.15) is 0 Å². The minimum atomic E-state index is -1.08. The zero-order chi connectivity index (χ0) is 10.4. The summed E-state index contributed by atoms with van der Waals surface area (Å²) in [6.45, 7) is 1.79. The van der Waals surface area contributed by atoms with Crippen LogP contribution < -0.4 is 5.73 Å². The molecule has 0 unspecified atom stereocenters. The van der Waals surface area contributed by atoms with Crippen LogP contribution in [0.5, 0.6) is 0 Å². The number of hydrogen-bond acceptors (Lipinski definition) is 2. The molecule has 0 saturated heterocycles. The Kier molecular flexibility index (Phi) is 4.76. The second-order valence-electron chi connectivity index (χ2n) is 2.68. The first-order chi connectivity index (χ1) is 5.99. The van der Waals surface area contributed by atoms with Gasteiger partial charge in [0.25, 0.3) is 0 Å². The van der Waals surface area contributed by atoms with Gasteiger partial charge >= 0.3 is 11.9 Å². The summed E-state index contributed by atoms with van der Waals surface area (Å²) in [6, 6.07) is -0.895. The third-order valence-electron chi connectivity index (χ3n) is 1.54. The van der Waals surface area contributed by atoms with E-state index in [-0.39, 0.29) is 12.0 Å². The van der Waals surface area contributed by atoms with E-state index in [0.29, 0.717) is 6.42 Å². The number of hydrogen-bond donors (Lipinski definition) is 3. The van der Waals surface area contributed by atoms with Crippen LogP contribution in [0, 0.1) is 0 Å². The van der Waals surface area contributed by atoms with Crippen LogP contribution in [0.15, 0.2) is 11.6 Å². The van der Waals surface area contributed by atoms with Crippen LogP contribution in [-0.2, 0) is 9.59 Å². The fourth-order valence-corrected chi connectivity index (χ4v) is 0.857. The highest BCUT2D eigenvalue weighted by Crippen LogP contribution is 2.05. The highest BCUT2D eigenvalue weighted by molar-refractivity contribution is 5.87. The molecular formula is C8H14NO4+. The van der Waals surface area contributed by atoms with Crippen molar-refractivity contribution in [3.05, 3.63) is 11.6 Å². The molecule has 0 aromatic rings. The number of quaternary nitrogens is 1. The molecule has 0 saturated carbocycles. The average molecular weight is 188 g/mol. The highest BCUT2D eigenvalue weighted by atomic mass is 16.4. The standard InChI is InChI=1S/C8H13NO4/c1-2-3-5(7(10)11)4-6(9)8(12)13/h3,6H,2,4,9H2,1H3,(H,10,11)(H,12,13)/p+1/b5-3+/t6-/m0/s1. The van der Waals surface area contributed by atoms with Gasteiger partial charge in [0, 0.05) is 12.0 Å². The fraction of sp³-hybridized carbons (Fsp3) is 0.500. The lowest BCUT2D eigenvalue weighted by Crippen LogP contribution is -2.65. The summed E-state index contributed by atoms with van der Waals surface area (Å²) in [4.78, 5) is 20.9. The molecular weight excluding hydrogens is 174 g/mol. The van der Waals surface area contributed by atoms with Gasteiger partial charge in [-0.3, -0.25) is 0 Å². The van der Waals surface area contributed by atoms with E-state index in [1.54, 1.807) is 6.92 Å². The maximum absolute atomic E-state index is 10.6. The first-order valence-corrected chi connectivity index (χ1v) is 3.97. The molecule has 5 N–H and O–H groups in total. The Balaban J connectivity index is 4.36. The van der Waals surface area contributed by atoms with Crippen molar-refractivity contribution in [1.29, 1.82) is 0 Å². The predicted molar refractivity (Wildman–Crippen MR) is 44.9 cm³/mol. The monoisotopic (exact) mass is 188 g/mol. The largest absolute Gasteiger partial charge is 0.478 e. The van der Waals surface area contributed by atoms with Gasteiger partial charge in [0.15, 0.2) is 6.04 Å². The van der Waals surface area contributed by atoms with Crippen LogP contribution in [-0.4, -0.2) is 28.2 Å². The topological polar surface area (TPSA) is 102 Å². The Labute approximate surface area is 75.9 Å². The Hall–Kier alpha value is -1.36. The lowest BCUT2D eigenvalue weighted by Gasteiger charge is -2.03. The van der Waals surface area contributed by atoms with Gasteiger partial charge in [-0.2, -0.15) is 0 Å². The Morgan fingerprint density at radius 2 is 2.00 bits per heavy atom. The van der Waals surface area contributed by atoms with E-state index in [2.05, 4.69) is 5.73 Å². The number of rotatable bonds is 5. The van der Waals surface area contributed by atoms with Crippen molar-refractivity contribution in [2.45, 2.75) is 25.8 Å². The predicted octanol–water partition coefficient (Wildman–Crippen LogP) is -0.507. The minimum Gasteiger partial charge on any atom is -0.478 e. The summed E-state index contributed by atoms with van der Waals surface area (Å²) in [7, 11) is 0. The summed E-state index contributed by atoms with van der Waals surface area (Å²) in [5.41, 5.74) is 3.45. The van der Waals surface area contributed by atoms with Gasteiger partial charge in [-0.25, -0.2) is 9.59 Å². The van der Waals surface area contributed by atoms with Crippen LogP contribution in [0.3, 0.4) is 0 Å². The molecule has 0 heterocycles. The molecule has 0 spiro atoms. The molecule has 0 aromatic carbocycles. The molecule has 0 aliphatic heterocycles. The number of allylic oxidation sites excluding steroid dienone is 1. The number of carboxylic acid groups (broad SMARTS) is 2. The van der Waals surface area contributed by atoms with Crippen LogP contribution in [0.4, 0.5) is 0 Å². The van der Waals surface area contributed by atoms with E-state index in [0.717, 1.165) is 0 Å². The van der Waals surface area contributed by atoms with Gasteiger partial charge in [-0.05, 0) is 6.42 Å². The third kappa shape index (κ3) is 4.27. The van der Waals surface area contributed by atoms with Crippen LogP contribution in [0.2, 0.25) is 0 Å². The molecule has 5 heteroatoms. The van der Waals surface area contributed by atoms with Gasteiger partial charge in [-0.1, -0.05) is 13.0 Å². The highest BCUT2D eigenvalue weighted by Gasteiger charge is 2.20. The summed E-state index contributed by atoms with van der Waals surface area (Å²) in [5, 5.41) is 17.1. The van der Waals surface area contributed by atoms with E-state index >= 15 is 0 Å². The van der Waals surface area contributed by atoms with Crippen LogP contribution in [0.1, 0.15) is 19.8 Å². The first kappa shape index (κ1) is 11.6. The van der Waals surface area contributed by atoms with Crippen LogP contribution in [0.25, 0.3) is 0 Å². The Bertz CT molecular complexity index is 234. The molecule has 0 rings (SSSR count). The molecule has 0 radical (unpaired) electrons. The normalized spacial score (nSPS) is 13.8. The zero-order valence-corrected chi connectivity index (χ0v) is 7.49. The summed E-state index contributed by atoms with van der Waals surface area (Å²) in [5.74, 6) is -2.15. The molecule has 5 nitrogen and oxygen atoms in total. The lowest BCUT2D eigenvalue weighted by atomic mass is 10.1. The SMILES string of the molecule is CC/C=C(\C[C@H]([NH3+])C(=O)O)C(=O)O. The van der Waals surface area contributed by atoms with Crippen molar-refractivity contribution in [1.82, 2.24) is 0 Å². The Morgan fingerprint density at radius 3 is 2.31 bits per heavy atom. The lowest BCUT2D eigenvalue weighted by molar-refractivity contribution is -0.406. The molecule has 0 aliphatic rings. The summed E-state index contributed by atoms with van der Waals surface area (Å²) < 4.78 is 0. The van der Waals surface area contributed by atoms with Crippen molar-refractivity contribution >= 4 is 11.9 Å². The van der Waals surface area contributed by atoms with Gasteiger partial charge in [-0.15, -0.1) is 0 Å². The smallest absolute Gasteiger partial charge is 0.362 e. The molecule has 0 aliphatic carbocycles. The molecule has 74 valence electrons. The summed E-state index contributed by atoms with van der Waals surface area (Å²) >= 11 is 0. The maximum Gasteiger partial charge on any atom is 0.362 e. The van der Waals surface area contributed by atoms with E-state index in [4.69, 9.17) is 10.2 Å². The minimum absolute atomic E-state index is 0.0293. The second kappa shape index (κ2) is 5.31. The number of carboxylic acids is 2. The maximum atomic E-state index is 10.6. The summed E-state index contributed by atoms with van der Waals surface area (Å²) in [6.07, 6.45) is 2.05. The molecule has 0 amide bonds. The van der Waals surface area contributed by atoms with Crippen molar-refractivity contribution in [3.63, 3.8) is 0 Å². The fourth-order valence-electron chi connectivity index (χ4n) is 0.857. The van der Waals surface area contributed by atoms with E-state index < -0.39 is 18.0 Å². The van der Waals surface area contributed by atoms with Crippen molar-refractivity contribution in [2.75, 3.05) is 0 Å². The van der Waals surface area contributed by atoms with Crippen LogP contribution >= 0.6 is 0 Å². The molecule has 1 atom stereocenters. The molecule has 0 fully saturated rings. The van der Waals surface area contributed by atoms with Crippen molar-refractivity contribution in [3.8, 4) is 0 Å². The quantitative estimate of drug-likeness (QED) is 0.506.